The van der Waals surface area contributed by atoms with Crippen LogP contribution in [0.5, 0.6) is 0 Å². The Morgan fingerprint density at radius 3 is 2.63 bits per heavy atom. The quantitative estimate of drug-likeness (QED) is 0.344. The predicted octanol–water partition coefficient (Wildman–Crippen LogP) is 6.00. The van der Waals surface area contributed by atoms with E-state index in [0.29, 0.717) is 26.9 Å². The smallest absolute Gasteiger partial charge is 0.239 e. The van der Waals surface area contributed by atoms with Crippen molar-refractivity contribution in [2.24, 2.45) is 0 Å². The molecule has 1 N–H and O–H groups in total. The molecule has 1 unspecified atom stereocenters. The zero-order valence-corrected chi connectivity index (χ0v) is 19.2. The highest BCUT2D eigenvalue weighted by Gasteiger charge is 2.21. The molecule has 10 heteroatoms. The van der Waals surface area contributed by atoms with Gasteiger partial charge in [0.1, 0.15) is 0 Å². The van der Waals surface area contributed by atoms with Gasteiger partial charge in [0, 0.05) is 22.2 Å². The molecule has 0 bridgehead atoms. The zero-order valence-electron chi connectivity index (χ0n) is 16.1. The van der Waals surface area contributed by atoms with Gasteiger partial charge in [-0.3, -0.25) is 4.79 Å². The first-order valence-corrected chi connectivity index (χ1v) is 11.6. The number of thioether (sulfide) groups is 1. The van der Waals surface area contributed by atoms with Crippen molar-refractivity contribution < 1.29 is 4.79 Å². The van der Waals surface area contributed by atoms with Gasteiger partial charge >= 0.3 is 0 Å². The molecule has 1 amide bonds. The van der Waals surface area contributed by atoms with E-state index in [1.165, 1.54) is 23.1 Å². The number of thiazole rings is 1. The first kappa shape index (κ1) is 21.1. The number of hydrogen-bond acceptors (Lipinski definition) is 6. The molecule has 2 heterocycles. The topological polar surface area (TPSA) is 72.7 Å². The van der Waals surface area contributed by atoms with Crippen molar-refractivity contribution in [1.29, 1.82) is 0 Å². The molecular formula is C20H17Cl2N5OS2. The normalized spacial score (nSPS) is 12.3. The third-order valence-electron chi connectivity index (χ3n) is 4.37. The van der Waals surface area contributed by atoms with E-state index in [2.05, 4.69) is 20.5 Å². The van der Waals surface area contributed by atoms with Crippen LogP contribution in [-0.2, 0) is 11.3 Å². The third kappa shape index (κ3) is 4.46. The van der Waals surface area contributed by atoms with Crippen LogP contribution in [-0.4, -0.2) is 30.9 Å². The SMILES string of the molecule is CCn1c(SC(C)C(=O)Nc2nc3ccc(Cl)cc3s2)nnc1-c1ccc(Cl)cc1. The van der Waals surface area contributed by atoms with Crippen LogP contribution < -0.4 is 5.32 Å². The highest BCUT2D eigenvalue weighted by atomic mass is 35.5. The Hall–Kier alpha value is -2.13. The Morgan fingerprint density at radius 1 is 1.17 bits per heavy atom. The van der Waals surface area contributed by atoms with Crippen LogP contribution in [0, 0.1) is 0 Å². The van der Waals surface area contributed by atoms with Gasteiger partial charge in [0.15, 0.2) is 16.1 Å². The number of carbonyl (C=O) groups is 1. The van der Waals surface area contributed by atoms with Crippen molar-refractivity contribution in [2.45, 2.75) is 30.8 Å². The molecule has 2 aromatic heterocycles. The molecule has 154 valence electrons. The van der Waals surface area contributed by atoms with Gasteiger partial charge in [-0.25, -0.2) is 4.98 Å². The first-order valence-electron chi connectivity index (χ1n) is 9.17. The molecule has 2 aromatic carbocycles. The standard InChI is InChI=1S/C20H17Cl2N5OS2/c1-3-27-17(12-4-6-13(21)7-5-12)25-26-20(27)29-11(2)18(28)24-19-23-15-9-8-14(22)10-16(15)30-19/h4-11H,3H2,1-2H3,(H,23,24,28). The highest BCUT2D eigenvalue weighted by Crippen LogP contribution is 2.30. The molecule has 4 rings (SSSR count). The molecule has 0 radical (unpaired) electrons. The van der Waals surface area contributed by atoms with E-state index in [-0.39, 0.29) is 11.2 Å². The summed E-state index contributed by atoms with van der Waals surface area (Å²) >= 11 is 14.8. The van der Waals surface area contributed by atoms with Gasteiger partial charge in [0.25, 0.3) is 0 Å². The second-order valence-electron chi connectivity index (χ2n) is 6.44. The number of anilines is 1. The summed E-state index contributed by atoms with van der Waals surface area (Å²) in [6, 6.07) is 12.9. The molecule has 0 aliphatic heterocycles. The average Bonchev–Trinajstić information content (AvgIpc) is 3.31. The fraction of sp³-hybridized carbons (Fsp3) is 0.200. The molecule has 0 aliphatic rings. The van der Waals surface area contributed by atoms with Crippen molar-refractivity contribution in [3.63, 3.8) is 0 Å². The van der Waals surface area contributed by atoms with E-state index in [1.54, 1.807) is 6.07 Å². The lowest BCUT2D eigenvalue weighted by atomic mass is 10.2. The fourth-order valence-corrected chi connectivity index (χ4v) is 5.03. The van der Waals surface area contributed by atoms with Crippen LogP contribution in [0.25, 0.3) is 21.6 Å². The Kier molecular flexibility index (Phi) is 6.29. The van der Waals surface area contributed by atoms with Crippen LogP contribution in [0.1, 0.15) is 13.8 Å². The summed E-state index contributed by atoms with van der Waals surface area (Å²) in [5.41, 5.74) is 1.73. The van der Waals surface area contributed by atoms with Gasteiger partial charge in [0.2, 0.25) is 5.91 Å². The highest BCUT2D eigenvalue weighted by molar-refractivity contribution is 8.00. The van der Waals surface area contributed by atoms with Crippen LogP contribution in [0.15, 0.2) is 47.6 Å². The van der Waals surface area contributed by atoms with Crippen molar-refractivity contribution in [3.8, 4) is 11.4 Å². The Morgan fingerprint density at radius 2 is 1.90 bits per heavy atom. The number of benzene rings is 2. The monoisotopic (exact) mass is 477 g/mol. The van der Waals surface area contributed by atoms with Crippen LogP contribution in [0.2, 0.25) is 10.0 Å². The summed E-state index contributed by atoms with van der Waals surface area (Å²) in [4.78, 5) is 17.2. The molecule has 0 spiro atoms. The number of rotatable bonds is 6. The van der Waals surface area contributed by atoms with Gasteiger partial charge < -0.3 is 9.88 Å². The van der Waals surface area contributed by atoms with E-state index in [4.69, 9.17) is 23.2 Å². The van der Waals surface area contributed by atoms with E-state index in [9.17, 15) is 4.79 Å². The number of fused-ring (bicyclic) bond motifs is 1. The van der Waals surface area contributed by atoms with E-state index >= 15 is 0 Å². The minimum atomic E-state index is -0.381. The van der Waals surface area contributed by atoms with Crippen molar-refractivity contribution in [1.82, 2.24) is 19.7 Å². The lowest BCUT2D eigenvalue weighted by Crippen LogP contribution is -2.22. The third-order valence-corrected chi connectivity index (χ3v) is 6.87. The summed E-state index contributed by atoms with van der Waals surface area (Å²) in [7, 11) is 0. The molecule has 1 atom stereocenters. The number of hydrogen-bond donors (Lipinski definition) is 1. The second-order valence-corrected chi connectivity index (χ2v) is 9.65. The molecule has 30 heavy (non-hydrogen) atoms. The van der Waals surface area contributed by atoms with Crippen LogP contribution >= 0.6 is 46.3 Å². The molecule has 0 aliphatic carbocycles. The van der Waals surface area contributed by atoms with Gasteiger partial charge in [-0.1, -0.05) is 46.3 Å². The number of carbonyl (C=O) groups excluding carboxylic acids is 1. The first-order chi connectivity index (χ1) is 14.4. The number of nitrogens with one attached hydrogen (secondary N) is 1. The zero-order chi connectivity index (χ0) is 21.3. The predicted molar refractivity (Wildman–Crippen MR) is 125 cm³/mol. The Labute approximate surface area is 191 Å². The van der Waals surface area contributed by atoms with Gasteiger partial charge in [-0.2, -0.15) is 0 Å². The Bertz CT molecular complexity index is 1210. The maximum absolute atomic E-state index is 12.7. The maximum atomic E-state index is 12.7. The Balaban J connectivity index is 1.49. The maximum Gasteiger partial charge on any atom is 0.239 e. The van der Waals surface area contributed by atoms with E-state index in [1.807, 2.05) is 54.8 Å². The van der Waals surface area contributed by atoms with Crippen molar-refractivity contribution >= 4 is 67.6 Å². The van der Waals surface area contributed by atoms with Gasteiger partial charge in [-0.05, 0) is 56.3 Å². The summed E-state index contributed by atoms with van der Waals surface area (Å²) in [5.74, 6) is 0.594. The summed E-state index contributed by atoms with van der Waals surface area (Å²) < 4.78 is 2.91. The van der Waals surface area contributed by atoms with Crippen molar-refractivity contribution in [2.75, 3.05) is 5.32 Å². The fourth-order valence-electron chi connectivity index (χ4n) is 2.84. The summed E-state index contributed by atoms with van der Waals surface area (Å²) in [6.07, 6.45) is 0. The van der Waals surface area contributed by atoms with Crippen molar-refractivity contribution in [3.05, 3.63) is 52.5 Å². The summed E-state index contributed by atoms with van der Waals surface area (Å²) in [5, 5.41) is 13.6. The lowest BCUT2D eigenvalue weighted by molar-refractivity contribution is -0.115. The molecule has 0 saturated heterocycles. The lowest BCUT2D eigenvalue weighted by Gasteiger charge is -2.11. The molecule has 0 fully saturated rings. The summed E-state index contributed by atoms with van der Waals surface area (Å²) in [6.45, 7) is 4.53. The largest absolute Gasteiger partial charge is 0.302 e. The van der Waals surface area contributed by atoms with Gasteiger partial charge in [-0.15, -0.1) is 10.2 Å². The molecule has 0 saturated carbocycles. The van der Waals surface area contributed by atoms with E-state index < -0.39 is 0 Å². The molecular weight excluding hydrogens is 461 g/mol. The van der Waals surface area contributed by atoms with Gasteiger partial charge in [0.05, 0.1) is 15.5 Å². The minimum absolute atomic E-state index is 0.149. The number of aromatic nitrogens is 4. The van der Waals surface area contributed by atoms with Crippen LogP contribution in [0.3, 0.4) is 0 Å². The number of amides is 1. The number of nitrogens with zero attached hydrogens (tertiary/aromatic N) is 4. The molecule has 6 nitrogen and oxygen atoms in total. The van der Waals surface area contributed by atoms with E-state index in [0.717, 1.165) is 21.6 Å². The minimum Gasteiger partial charge on any atom is -0.302 e. The van der Waals surface area contributed by atoms with Crippen LogP contribution in [0.4, 0.5) is 5.13 Å². The number of halogens is 2. The second kappa shape index (κ2) is 8.93. The molecule has 4 aromatic rings. The average molecular weight is 478 g/mol.